The van der Waals surface area contributed by atoms with Gasteiger partial charge in [0.25, 0.3) is 5.91 Å². The van der Waals surface area contributed by atoms with Crippen LogP contribution >= 0.6 is 0 Å². The molecule has 110 valence electrons. The Hall–Kier alpha value is -2.56. The number of benzene rings is 1. The Morgan fingerprint density at radius 2 is 1.95 bits per heavy atom. The first-order chi connectivity index (χ1) is 10.2. The summed E-state index contributed by atoms with van der Waals surface area (Å²) in [5.41, 5.74) is 1.48. The Labute approximate surface area is 122 Å². The van der Waals surface area contributed by atoms with Crippen LogP contribution in [0, 0.1) is 6.92 Å². The van der Waals surface area contributed by atoms with Gasteiger partial charge in [-0.2, -0.15) is 0 Å². The number of esters is 1. The fourth-order valence-corrected chi connectivity index (χ4v) is 1.85. The van der Waals surface area contributed by atoms with Crippen LogP contribution in [0.25, 0.3) is 0 Å². The zero-order valence-corrected chi connectivity index (χ0v) is 11.8. The van der Waals surface area contributed by atoms with E-state index in [4.69, 9.17) is 9.15 Å². The van der Waals surface area contributed by atoms with Crippen molar-refractivity contribution in [1.29, 1.82) is 0 Å². The lowest BCUT2D eigenvalue weighted by Gasteiger charge is -2.06. The number of nitrogens with one attached hydrogen (secondary N) is 1. The van der Waals surface area contributed by atoms with Gasteiger partial charge in [0.2, 0.25) is 0 Å². The minimum absolute atomic E-state index is 0.293. The van der Waals surface area contributed by atoms with Crippen LogP contribution in [0.2, 0.25) is 0 Å². The third-order valence-corrected chi connectivity index (χ3v) is 2.99. The molecule has 0 saturated carbocycles. The summed E-state index contributed by atoms with van der Waals surface area (Å²) < 4.78 is 9.93. The first-order valence-electron chi connectivity index (χ1n) is 6.68. The number of hydrogen-bond donors (Lipinski definition) is 1. The topological polar surface area (TPSA) is 68.5 Å². The van der Waals surface area contributed by atoms with Gasteiger partial charge in [-0.1, -0.05) is 30.3 Å². The van der Waals surface area contributed by atoms with Crippen molar-refractivity contribution >= 4 is 11.9 Å². The van der Waals surface area contributed by atoms with E-state index in [9.17, 15) is 9.59 Å². The molecule has 0 unspecified atom stereocenters. The Morgan fingerprint density at radius 1 is 1.19 bits per heavy atom. The van der Waals surface area contributed by atoms with E-state index in [0.717, 1.165) is 12.0 Å². The smallest absolute Gasteiger partial charge is 0.342 e. The highest BCUT2D eigenvalue weighted by atomic mass is 16.5. The summed E-state index contributed by atoms with van der Waals surface area (Å²) >= 11 is 0. The molecule has 5 heteroatoms. The molecular weight excluding hydrogens is 270 g/mol. The summed E-state index contributed by atoms with van der Waals surface area (Å²) in [7, 11) is 0. The molecule has 1 N–H and O–H groups in total. The predicted octanol–water partition coefficient (Wildman–Crippen LogP) is 2.10. The number of furan rings is 1. The van der Waals surface area contributed by atoms with Crippen LogP contribution in [-0.2, 0) is 16.0 Å². The van der Waals surface area contributed by atoms with Crippen molar-refractivity contribution in [3.8, 4) is 0 Å². The fourth-order valence-electron chi connectivity index (χ4n) is 1.85. The summed E-state index contributed by atoms with van der Waals surface area (Å²) in [5, 5.41) is 2.71. The molecule has 0 atom stereocenters. The first-order valence-corrected chi connectivity index (χ1v) is 6.68. The van der Waals surface area contributed by atoms with E-state index < -0.39 is 5.97 Å². The first kappa shape index (κ1) is 14.8. The molecule has 1 amide bonds. The third kappa shape index (κ3) is 4.49. The van der Waals surface area contributed by atoms with E-state index in [0.29, 0.717) is 17.9 Å². The second-order valence-corrected chi connectivity index (χ2v) is 4.55. The van der Waals surface area contributed by atoms with Crippen molar-refractivity contribution in [2.24, 2.45) is 0 Å². The largest absolute Gasteiger partial charge is 0.469 e. The summed E-state index contributed by atoms with van der Waals surface area (Å²) in [6, 6.07) is 11.4. The normalized spacial score (nSPS) is 10.1. The van der Waals surface area contributed by atoms with Gasteiger partial charge in [0, 0.05) is 6.54 Å². The van der Waals surface area contributed by atoms with Crippen LogP contribution < -0.4 is 5.32 Å². The van der Waals surface area contributed by atoms with Gasteiger partial charge in [0.15, 0.2) is 6.61 Å². The number of amides is 1. The molecular formula is C16H17NO4. The molecule has 0 saturated heterocycles. The molecule has 21 heavy (non-hydrogen) atoms. The molecule has 1 heterocycles. The summed E-state index contributed by atoms with van der Waals surface area (Å²) in [6.07, 6.45) is 2.15. The zero-order valence-electron chi connectivity index (χ0n) is 11.8. The van der Waals surface area contributed by atoms with Crippen LogP contribution in [-0.4, -0.2) is 25.0 Å². The summed E-state index contributed by atoms with van der Waals surface area (Å²) in [5.74, 6) is -0.399. The van der Waals surface area contributed by atoms with Crippen molar-refractivity contribution in [1.82, 2.24) is 5.32 Å². The van der Waals surface area contributed by atoms with Crippen LogP contribution in [0.1, 0.15) is 21.7 Å². The zero-order chi connectivity index (χ0) is 15.1. The van der Waals surface area contributed by atoms with Crippen molar-refractivity contribution in [3.05, 3.63) is 59.5 Å². The van der Waals surface area contributed by atoms with E-state index in [1.165, 1.54) is 12.3 Å². The highest BCUT2D eigenvalue weighted by molar-refractivity contribution is 5.92. The molecule has 0 bridgehead atoms. The van der Waals surface area contributed by atoms with Gasteiger partial charge in [-0.05, 0) is 25.0 Å². The van der Waals surface area contributed by atoms with Crippen LogP contribution in [0.4, 0.5) is 0 Å². The third-order valence-electron chi connectivity index (χ3n) is 2.99. The molecule has 0 aliphatic rings. The highest BCUT2D eigenvalue weighted by Crippen LogP contribution is 2.09. The molecule has 0 aliphatic heterocycles. The number of carbonyl (C=O) groups excluding carboxylic acids is 2. The van der Waals surface area contributed by atoms with Gasteiger partial charge in [-0.3, -0.25) is 4.79 Å². The molecule has 2 rings (SSSR count). The molecule has 1 aromatic carbocycles. The lowest BCUT2D eigenvalue weighted by molar-refractivity contribution is -0.124. The van der Waals surface area contributed by atoms with E-state index in [2.05, 4.69) is 5.32 Å². The Bertz CT molecular complexity index is 604. The molecule has 2 aromatic rings. The maximum atomic E-state index is 11.7. The maximum absolute atomic E-state index is 11.7. The number of aryl methyl sites for hydroxylation is 1. The average Bonchev–Trinajstić information content (AvgIpc) is 2.92. The quantitative estimate of drug-likeness (QED) is 0.826. The predicted molar refractivity (Wildman–Crippen MR) is 76.9 cm³/mol. The Balaban J connectivity index is 1.68. The Morgan fingerprint density at radius 3 is 2.62 bits per heavy atom. The summed E-state index contributed by atoms with van der Waals surface area (Å²) in [4.78, 5) is 23.2. The molecule has 0 fully saturated rings. The van der Waals surface area contributed by atoms with Crippen molar-refractivity contribution < 1.29 is 18.7 Å². The van der Waals surface area contributed by atoms with Gasteiger partial charge >= 0.3 is 5.97 Å². The lowest BCUT2D eigenvalue weighted by Crippen LogP contribution is -2.30. The minimum Gasteiger partial charge on any atom is -0.469 e. The molecule has 1 aromatic heterocycles. The van der Waals surface area contributed by atoms with E-state index in [1.54, 1.807) is 6.92 Å². The second-order valence-electron chi connectivity index (χ2n) is 4.55. The Kier molecular flexibility index (Phi) is 5.15. The van der Waals surface area contributed by atoms with Gasteiger partial charge in [0.1, 0.15) is 11.3 Å². The van der Waals surface area contributed by atoms with E-state index in [-0.39, 0.29) is 12.5 Å². The summed E-state index contributed by atoms with van der Waals surface area (Å²) in [6.45, 7) is 1.87. The SMILES string of the molecule is Cc1occc1C(=O)OCC(=O)NCCc1ccccc1. The highest BCUT2D eigenvalue weighted by Gasteiger charge is 2.14. The van der Waals surface area contributed by atoms with Crippen molar-refractivity contribution in [3.63, 3.8) is 0 Å². The number of hydrogen-bond acceptors (Lipinski definition) is 4. The molecule has 0 aliphatic carbocycles. The molecule has 0 radical (unpaired) electrons. The monoisotopic (exact) mass is 287 g/mol. The molecule has 5 nitrogen and oxygen atoms in total. The standard InChI is InChI=1S/C16H17NO4/c1-12-14(8-10-20-12)16(19)21-11-15(18)17-9-7-13-5-3-2-4-6-13/h2-6,8,10H,7,9,11H2,1H3,(H,17,18). The van der Waals surface area contributed by atoms with Gasteiger partial charge < -0.3 is 14.5 Å². The van der Waals surface area contributed by atoms with Crippen molar-refractivity contribution in [2.45, 2.75) is 13.3 Å². The van der Waals surface area contributed by atoms with Crippen LogP contribution in [0.3, 0.4) is 0 Å². The lowest BCUT2D eigenvalue weighted by atomic mass is 10.1. The number of ether oxygens (including phenoxy) is 1. The number of carbonyl (C=O) groups is 2. The van der Waals surface area contributed by atoms with E-state index in [1.807, 2.05) is 30.3 Å². The average molecular weight is 287 g/mol. The minimum atomic E-state index is -0.556. The number of rotatable bonds is 6. The van der Waals surface area contributed by atoms with Crippen LogP contribution in [0.5, 0.6) is 0 Å². The van der Waals surface area contributed by atoms with E-state index >= 15 is 0 Å². The van der Waals surface area contributed by atoms with Gasteiger partial charge in [-0.25, -0.2) is 4.79 Å². The van der Waals surface area contributed by atoms with Crippen LogP contribution in [0.15, 0.2) is 47.1 Å². The second kappa shape index (κ2) is 7.28. The maximum Gasteiger partial charge on any atom is 0.342 e. The van der Waals surface area contributed by atoms with Gasteiger partial charge in [0.05, 0.1) is 6.26 Å². The van der Waals surface area contributed by atoms with Crippen molar-refractivity contribution in [2.75, 3.05) is 13.2 Å². The fraction of sp³-hybridized carbons (Fsp3) is 0.250. The van der Waals surface area contributed by atoms with Gasteiger partial charge in [-0.15, -0.1) is 0 Å². The molecule has 0 spiro atoms.